The predicted octanol–water partition coefficient (Wildman–Crippen LogP) is 6.12. The molecule has 6 heteroatoms. The number of hydrogen-bond donors (Lipinski definition) is 0. The second-order valence-electron chi connectivity index (χ2n) is 9.04. The summed E-state index contributed by atoms with van der Waals surface area (Å²) >= 11 is 1.59. The standard InChI is InChI=1S/C31H30N2O3S/c1-35-27-17-24-13-15-32-30(26(24)18-28(27)36-2)29(25-14-16-37-21-25)31(34)33(19-22-9-5-3-6-10-22)20-23-11-7-4-8-12-23/h3-12,14,16-18,21,29H,13,15,19-20H2,1-2H3. The van der Waals surface area contributed by atoms with Gasteiger partial charge in [-0.25, -0.2) is 0 Å². The van der Waals surface area contributed by atoms with Gasteiger partial charge < -0.3 is 14.4 Å². The molecule has 188 valence electrons. The van der Waals surface area contributed by atoms with Crippen molar-refractivity contribution in [1.29, 1.82) is 0 Å². The molecule has 37 heavy (non-hydrogen) atoms. The van der Waals surface area contributed by atoms with E-state index in [1.807, 2.05) is 64.9 Å². The second-order valence-corrected chi connectivity index (χ2v) is 9.82. The van der Waals surface area contributed by atoms with Crippen molar-refractivity contribution < 1.29 is 14.3 Å². The van der Waals surface area contributed by atoms with Gasteiger partial charge in [-0.3, -0.25) is 9.79 Å². The van der Waals surface area contributed by atoms with Gasteiger partial charge in [0.1, 0.15) is 5.92 Å². The van der Waals surface area contributed by atoms with Crippen molar-refractivity contribution in [1.82, 2.24) is 4.90 Å². The minimum Gasteiger partial charge on any atom is -0.493 e. The van der Waals surface area contributed by atoms with Gasteiger partial charge in [0, 0.05) is 25.2 Å². The summed E-state index contributed by atoms with van der Waals surface area (Å²) in [6.45, 7) is 1.66. The number of amides is 1. The van der Waals surface area contributed by atoms with Crippen molar-refractivity contribution in [2.75, 3.05) is 20.8 Å². The first kappa shape index (κ1) is 24.8. The molecule has 2 heterocycles. The third kappa shape index (κ3) is 5.44. The molecule has 4 aromatic rings. The fourth-order valence-electron chi connectivity index (χ4n) is 4.85. The Bertz CT molecular complexity index is 1330. The van der Waals surface area contributed by atoms with Gasteiger partial charge >= 0.3 is 0 Å². The lowest BCUT2D eigenvalue weighted by atomic mass is 9.85. The van der Waals surface area contributed by atoms with Crippen molar-refractivity contribution in [2.24, 2.45) is 4.99 Å². The second kappa shape index (κ2) is 11.4. The van der Waals surface area contributed by atoms with E-state index in [9.17, 15) is 4.79 Å². The van der Waals surface area contributed by atoms with E-state index in [4.69, 9.17) is 14.5 Å². The van der Waals surface area contributed by atoms with Crippen LogP contribution in [0.2, 0.25) is 0 Å². The van der Waals surface area contributed by atoms with Crippen molar-refractivity contribution >= 4 is 23.0 Å². The van der Waals surface area contributed by atoms with Gasteiger partial charge in [0.05, 0.1) is 19.9 Å². The molecule has 5 rings (SSSR count). The summed E-state index contributed by atoms with van der Waals surface area (Å²) in [5.74, 6) is 0.844. The molecule has 0 bridgehead atoms. The van der Waals surface area contributed by atoms with Crippen molar-refractivity contribution in [3.8, 4) is 11.5 Å². The summed E-state index contributed by atoms with van der Waals surface area (Å²) < 4.78 is 11.2. The third-order valence-corrected chi connectivity index (χ3v) is 7.39. The van der Waals surface area contributed by atoms with E-state index in [0.717, 1.165) is 39.9 Å². The Morgan fingerprint density at radius 3 is 2.11 bits per heavy atom. The summed E-state index contributed by atoms with van der Waals surface area (Å²) in [5.41, 5.74) is 6.00. The van der Waals surface area contributed by atoms with Crippen molar-refractivity contribution in [2.45, 2.75) is 25.4 Å². The first-order valence-corrected chi connectivity index (χ1v) is 13.3. The molecule has 1 aliphatic heterocycles. The highest BCUT2D eigenvalue weighted by molar-refractivity contribution is 7.08. The van der Waals surface area contributed by atoms with Crippen LogP contribution in [0.3, 0.4) is 0 Å². The smallest absolute Gasteiger partial charge is 0.236 e. The first-order valence-electron chi connectivity index (χ1n) is 12.4. The van der Waals surface area contributed by atoms with E-state index in [-0.39, 0.29) is 5.91 Å². The maximum absolute atomic E-state index is 14.5. The molecular formula is C31H30N2O3S. The van der Waals surface area contributed by atoms with Crippen LogP contribution >= 0.6 is 11.3 Å². The van der Waals surface area contributed by atoms with E-state index in [1.165, 1.54) is 0 Å². The molecule has 1 aromatic heterocycles. The van der Waals surface area contributed by atoms with Gasteiger partial charge in [-0.2, -0.15) is 11.3 Å². The Balaban J connectivity index is 1.58. The molecule has 1 aliphatic rings. The lowest BCUT2D eigenvalue weighted by Gasteiger charge is -2.30. The van der Waals surface area contributed by atoms with Crippen molar-refractivity contribution in [3.05, 3.63) is 117 Å². The summed E-state index contributed by atoms with van der Waals surface area (Å²) in [6, 6.07) is 26.3. The van der Waals surface area contributed by atoms with Crippen LogP contribution < -0.4 is 9.47 Å². The number of methoxy groups -OCH3 is 2. The maximum Gasteiger partial charge on any atom is 0.236 e. The number of carbonyl (C=O) groups is 1. The van der Waals surface area contributed by atoms with Crippen molar-refractivity contribution in [3.63, 3.8) is 0 Å². The quantitative estimate of drug-likeness (QED) is 0.272. The topological polar surface area (TPSA) is 51.1 Å². The van der Waals surface area contributed by atoms with Gasteiger partial charge in [-0.15, -0.1) is 0 Å². The molecule has 1 amide bonds. The number of hydrogen-bond acceptors (Lipinski definition) is 5. The molecule has 0 N–H and O–H groups in total. The Kier molecular flexibility index (Phi) is 7.66. The molecule has 0 saturated heterocycles. The molecular weight excluding hydrogens is 480 g/mol. The molecule has 1 unspecified atom stereocenters. The van der Waals surface area contributed by atoms with Gasteiger partial charge in [0.15, 0.2) is 11.5 Å². The zero-order chi connectivity index (χ0) is 25.6. The average molecular weight is 511 g/mol. The third-order valence-electron chi connectivity index (χ3n) is 6.69. The van der Waals surface area contributed by atoms with Crippen LogP contribution in [0.15, 0.2) is 94.6 Å². The number of carbonyl (C=O) groups excluding carboxylic acids is 1. The lowest BCUT2D eigenvalue weighted by Crippen LogP contribution is -2.38. The van der Waals surface area contributed by atoms with Crippen LogP contribution in [0, 0.1) is 0 Å². The number of ether oxygens (including phenoxy) is 2. The monoisotopic (exact) mass is 510 g/mol. The number of rotatable bonds is 9. The molecule has 0 fully saturated rings. The van der Waals surface area contributed by atoms with Crippen LogP contribution in [0.4, 0.5) is 0 Å². The summed E-state index contributed by atoms with van der Waals surface area (Å²) in [5, 5.41) is 4.08. The number of fused-ring (bicyclic) bond motifs is 1. The fraction of sp³-hybridized carbons (Fsp3) is 0.226. The highest BCUT2D eigenvalue weighted by Gasteiger charge is 2.34. The summed E-state index contributed by atoms with van der Waals surface area (Å²) in [7, 11) is 3.28. The van der Waals surface area contributed by atoms with Gasteiger partial charge in [0.25, 0.3) is 0 Å². The Labute approximate surface area is 222 Å². The van der Waals surface area contributed by atoms with E-state index in [1.54, 1.807) is 25.6 Å². The largest absolute Gasteiger partial charge is 0.493 e. The van der Waals surface area contributed by atoms with Crippen LogP contribution in [0.1, 0.15) is 33.7 Å². The highest BCUT2D eigenvalue weighted by Crippen LogP contribution is 2.37. The molecule has 1 atom stereocenters. The van der Waals surface area contributed by atoms with Gasteiger partial charge in [-0.05, 0) is 57.6 Å². The fourth-order valence-corrected chi connectivity index (χ4v) is 5.54. The van der Waals surface area contributed by atoms with Gasteiger partial charge in [-0.1, -0.05) is 60.7 Å². The van der Waals surface area contributed by atoms with Gasteiger partial charge in [0.2, 0.25) is 5.91 Å². The minimum atomic E-state index is -0.518. The molecule has 3 aromatic carbocycles. The number of nitrogens with zero attached hydrogens (tertiary/aromatic N) is 2. The zero-order valence-electron chi connectivity index (χ0n) is 21.1. The maximum atomic E-state index is 14.5. The van der Waals surface area contributed by atoms with E-state index in [2.05, 4.69) is 29.6 Å². The van der Waals surface area contributed by atoms with E-state index >= 15 is 0 Å². The van der Waals surface area contributed by atoms with Crippen LogP contribution in [-0.4, -0.2) is 37.3 Å². The normalized spacial score (nSPS) is 13.3. The lowest BCUT2D eigenvalue weighted by molar-refractivity contribution is -0.132. The molecule has 0 spiro atoms. The van der Waals surface area contributed by atoms with Crippen LogP contribution in [0.5, 0.6) is 11.5 Å². The first-order chi connectivity index (χ1) is 18.2. The Morgan fingerprint density at radius 1 is 0.919 bits per heavy atom. The highest BCUT2D eigenvalue weighted by atomic mass is 32.1. The van der Waals surface area contributed by atoms with Crippen LogP contribution in [0.25, 0.3) is 0 Å². The van der Waals surface area contributed by atoms with Crippen LogP contribution in [-0.2, 0) is 24.3 Å². The summed E-state index contributed by atoms with van der Waals surface area (Å²) in [6.07, 6.45) is 0.793. The van der Waals surface area contributed by atoms with E-state index < -0.39 is 5.92 Å². The minimum absolute atomic E-state index is 0.0347. The predicted molar refractivity (Wildman–Crippen MR) is 149 cm³/mol. The average Bonchev–Trinajstić information content (AvgIpc) is 3.48. The van der Waals surface area contributed by atoms with E-state index in [0.29, 0.717) is 31.1 Å². The molecule has 0 saturated carbocycles. The Morgan fingerprint density at radius 2 is 1.54 bits per heavy atom. The Hall–Kier alpha value is -3.90. The molecule has 0 radical (unpaired) electrons. The number of thiophene rings is 1. The summed E-state index contributed by atoms with van der Waals surface area (Å²) in [4.78, 5) is 21.4. The number of aliphatic imine (C=N–C) groups is 1. The number of benzene rings is 3. The molecule has 0 aliphatic carbocycles. The SMILES string of the molecule is COc1cc2c(cc1OC)C(C(C(=O)N(Cc1ccccc1)Cc1ccccc1)c1ccsc1)=NCC2. The molecule has 5 nitrogen and oxygen atoms in total. The zero-order valence-corrected chi connectivity index (χ0v) is 21.9.